The lowest BCUT2D eigenvalue weighted by molar-refractivity contribution is 0.386. The molecule has 0 aliphatic carbocycles. The first-order valence-corrected chi connectivity index (χ1v) is 6.86. The van der Waals surface area contributed by atoms with Crippen LogP contribution in [0.1, 0.15) is 33.6 Å². The molecule has 92 valence electrons. The maximum absolute atomic E-state index is 4.25. The van der Waals surface area contributed by atoms with Crippen LogP contribution in [0.3, 0.4) is 0 Å². The van der Waals surface area contributed by atoms with Crippen molar-refractivity contribution in [3.8, 4) is 0 Å². The van der Waals surface area contributed by atoms with Gasteiger partial charge in [-0.05, 0) is 35.3 Å². The summed E-state index contributed by atoms with van der Waals surface area (Å²) in [7, 11) is 0. The van der Waals surface area contributed by atoms with Gasteiger partial charge in [-0.1, -0.05) is 26.7 Å². The van der Waals surface area contributed by atoms with Gasteiger partial charge in [0.25, 0.3) is 0 Å². The lowest BCUT2D eigenvalue weighted by Gasteiger charge is -2.18. The summed E-state index contributed by atoms with van der Waals surface area (Å²) in [5, 5.41) is 7.82. The molecule has 0 spiro atoms. The predicted octanol–water partition coefficient (Wildman–Crippen LogP) is 3.06. The van der Waals surface area contributed by atoms with Crippen LogP contribution in [0.15, 0.2) is 16.9 Å². The Kier molecular flexibility index (Phi) is 6.06. The summed E-state index contributed by atoms with van der Waals surface area (Å²) >= 11 is 3.40. The third-order valence-corrected chi connectivity index (χ3v) is 3.38. The minimum atomic E-state index is 0.465. The van der Waals surface area contributed by atoms with Gasteiger partial charge in [0.2, 0.25) is 0 Å². The normalized spacial score (nSPS) is 13.3. The van der Waals surface area contributed by atoms with Crippen LogP contribution in [-0.2, 0) is 6.54 Å². The van der Waals surface area contributed by atoms with Gasteiger partial charge >= 0.3 is 0 Å². The van der Waals surface area contributed by atoms with Crippen LogP contribution in [0.2, 0.25) is 0 Å². The van der Waals surface area contributed by atoms with Gasteiger partial charge in [-0.2, -0.15) is 5.10 Å². The highest BCUT2D eigenvalue weighted by Crippen LogP contribution is 2.08. The minimum Gasteiger partial charge on any atom is -0.312 e. The molecule has 1 N–H and O–H groups in total. The zero-order valence-corrected chi connectivity index (χ0v) is 12.0. The SMILES string of the molecule is CCC(CC)CNC(C)Cn1cc(Br)cn1. The van der Waals surface area contributed by atoms with Crippen molar-refractivity contribution in [2.24, 2.45) is 5.92 Å². The fourth-order valence-electron chi connectivity index (χ4n) is 1.73. The van der Waals surface area contributed by atoms with E-state index >= 15 is 0 Å². The second-order valence-corrected chi connectivity index (χ2v) is 5.29. The average molecular weight is 288 g/mol. The maximum Gasteiger partial charge on any atom is 0.0632 e. The summed E-state index contributed by atoms with van der Waals surface area (Å²) in [6, 6.07) is 0.465. The van der Waals surface area contributed by atoms with E-state index in [0.717, 1.165) is 23.5 Å². The molecular weight excluding hydrogens is 266 g/mol. The van der Waals surface area contributed by atoms with Crippen molar-refractivity contribution in [3.63, 3.8) is 0 Å². The van der Waals surface area contributed by atoms with Crippen LogP contribution >= 0.6 is 15.9 Å². The standard InChI is InChI=1S/C12H22BrN3/c1-4-11(5-2)6-14-10(3)8-16-9-12(13)7-15-16/h7,9-11,14H,4-6,8H2,1-3H3. The molecule has 1 aromatic heterocycles. The van der Waals surface area contributed by atoms with E-state index in [0.29, 0.717) is 6.04 Å². The Bertz CT molecular complexity index is 294. The zero-order chi connectivity index (χ0) is 12.0. The minimum absolute atomic E-state index is 0.465. The number of aromatic nitrogens is 2. The molecule has 1 heterocycles. The van der Waals surface area contributed by atoms with Gasteiger partial charge in [0.15, 0.2) is 0 Å². The number of nitrogens with zero attached hydrogens (tertiary/aromatic N) is 2. The third kappa shape index (κ3) is 4.66. The number of hydrogen-bond acceptors (Lipinski definition) is 2. The maximum atomic E-state index is 4.25. The summed E-state index contributed by atoms with van der Waals surface area (Å²) < 4.78 is 3.01. The first-order chi connectivity index (χ1) is 7.65. The van der Waals surface area contributed by atoms with E-state index in [1.54, 1.807) is 0 Å². The first-order valence-electron chi connectivity index (χ1n) is 6.07. The van der Waals surface area contributed by atoms with E-state index in [1.807, 2.05) is 17.1 Å². The monoisotopic (exact) mass is 287 g/mol. The van der Waals surface area contributed by atoms with Gasteiger partial charge in [-0.15, -0.1) is 0 Å². The molecular formula is C12H22BrN3. The Morgan fingerprint density at radius 1 is 1.44 bits per heavy atom. The summed E-state index contributed by atoms with van der Waals surface area (Å²) in [5.41, 5.74) is 0. The van der Waals surface area contributed by atoms with Crippen molar-refractivity contribution in [1.82, 2.24) is 15.1 Å². The van der Waals surface area contributed by atoms with Crippen LogP contribution in [0.4, 0.5) is 0 Å². The summed E-state index contributed by atoms with van der Waals surface area (Å²) in [5.74, 6) is 0.798. The van der Waals surface area contributed by atoms with Gasteiger partial charge < -0.3 is 5.32 Å². The number of halogens is 1. The molecule has 3 nitrogen and oxygen atoms in total. The molecule has 0 amide bonds. The summed E-state index contributed by atoms with van der Waals surface area (Å²) in [4.78, 5) is 0. The summed E-state index contributed by atoms with van der Waals surface area (Å²) in [6.07, 6.45) is 6.34. The number of rotatable bonds is 7. The highest BCUT2D eigenvalue weighted by molar-refractivity contribution is 9.10. The summed E-state index contributed by atoms with van der Waals surface area (Å²) in [6.45, 7) is 8.75. The van der Waals surface area contributed by atoms with E-state index in [-0.39, 0.29) is 0 Å². The molecule has 1 aromatic rings. The van der Waals surface area contributed by atoms with Crippen molar-refractivity contribution in [2.75, 3.05) is 6.54 Å². The highest BCUT2D eigenvalue weighted by atomic mass is 79.9. The molecule has 0 aromatic carbocycles. The van der Waals surface area contributed by atoms with E-state index in [1.165, 1.54) is 12.8 Å². The van der Waals surface area contributed by atoms with Gasteiger partial charge in [-0.3, -0.25) is 4.68 Å². The molecule has 0 bridgehead atoms. The lowest BCUT2D eigenvalue weighted by Crippen LogP contribution is -2.34. The van der Waals surface area contributed by atoms with E-state index < -0.39 is 0 Å². The van der Waals surface area contributed by atoms with Crippen molar-refractivity contribution in [1.29, 1.82) is 0 Å². The smallest absolute Gasteiger partial charge is 0.0632 e. The molecule has 0 saturated carbocycles. The molecule has 0 aliphatic heterocycles. The number of nitrogens with one attached hydrogen (secondary N) is 1. The van der Waals surface area contributed by atoms with E-state index in [2.05, 4.69) is 47.1 Å². The molecule has 1 rings (SSSR count). The Balaban J connectivity index is 2.27. The van der Waals surface area contributed by atoms with Crippen molar-refractivity contribution >= 4 is 15.9 Å². The quantitative estimate of drug-likeness (QED) is 0.835. The first kappa shape index (κ1) is 13.7. The average Bonchev–Trinajstić information content (AvgIpc) is 2.65. The molecule has 0 radical (unpaired) electrons. The van der Waals surface area contributed by atoms with E-state index in [4.69, 9.17) is 0 Å². The third-order valence-electron chi connectivity index (χ3n) is 2.97. The molecule has 0 fully saturated rings. The molecule has 0 aliphatic rings. The Hall–Kier alpha value is -0.350. The number of hydrogen-bond donors (Lipinski definition) is 1. The van der Waals surface area contributed by atoms with Crippen molar-refractivity contribution < 1.29 is 0 Å². The van der Waals surface area contributed by atoms with Gasteiger partial charge in [0, 0.05) is 12.2 Å². The van der Waals surface area contributed by atoms with Crippen molar-refractivity contribution in [2.45, 2.75) is 46.2 Å². The molecule has 1 atom stereocenters. The highest BCUT2D eigenvalue weighted by Gasteiger charge is 2.07. The second kappa shape index (κ2) is 7.07. The van der Waals surface area contributed by atoms with Crippen molar-refractivity contribution in [3.05, 3.63) is 16.9 Å². The molecule has 4 heteroatoms. The Labute approximate surface area is 107 Å². The topological polar surface area (TPSA) is 29.9 Å². The van der Waals surface area contributed by atoms with Crippen LogP contribution < -0.4 is 5.32 Å². The molecule has 16 heavy (non-hydrogen) atoms. The predicted molar refractivity (Wildman–Crippen MR) is 71.5 cm³/mol. The van der Waals surface area contributed by atoms with Gasteiger partial charge in [0.1, 0.15) is 0 Å². The second-order valence-electron chi connectivity index (χ2n) is 4.37. The lowest BCUT2D eigenvalue weighted by atomic mass is 10.0. The van der Waals surface area contributed by atoms with Crippen LogP contribution in [0.5, 0.6) is 0 Å². The van der Waals surface area contributed by atoms with Crippen LogP contribution in [-0.4, -0.2) is 22.4 Å². The van der Waals surface area contributed by atoms with Gasteiger partial charge in [0.05, 0.1) is 17.2 Å². The van der Waals surface area contributed by atoms with Crippen LogP contribution in [0, 0.1) is 5.92 Å². The Morgan fingerprint density at radius 2 is 2.12 bits per heavy atom. The molecule has 0 saturated heterocycles. The van der Waals surface area contributed by atoms with E-state index in [9.17, 15) is 0 Å². The zero-order valence-electron chi connectivity index (χ0n) is 10.4. The Morgan fingerprint density at radius 3 is 2.62 bits per heavy atom. The van der Waals surface area contributed by atoms with Crippen LogP contribution in [0.25, 0.3) is 0 Å². The largest absolute Gasteiger partial charge is 0.312 e. The molecule has 1 unspecified atom stereocenters. The fourth-order valence-corrected chi connectivity index (χ4v) is 2.06. The van der Waals surface area contributed by atoms with Gasteiger partial charge in [-0.25, -0.2) is 0 Å². The fraction of sp³-hybridized carbons (Fsp3) is 0.750.